The number of hydrogen-bond donors (Lipinski definition) is 3. The van der Waals surface area contributed by atoms with Gasteiger partial charge in [-0.2, -0.15) is 5.10 Å². The van der Waals surface area contributed by atoms with Crippen LogP contribution in [0.25, 0.3) is 10.9 Å². The summed E-state index contributed by atoms with van der Waals surface area (Å²) in [7, 11) is 1.98. The van der Waals surface area contributed by atoms with Crippen LogP contribution in [-0.2, 0) is 11.8 Å². The third kappa shape index (κ3) is 2.94. The fourth-order valence-corrected chi connectivity index (χ4v) is 3.52. The molecular formula is C21H22N4O3. The molecule has 7 heteroatoms. The molecule has 2 aromatic carbocycles. The van der Waals surface area contributed by atoms with Crippen LogP contribution in [0.2, 0.25) is 0 Å². The summed E-state index contributed by atoms with van der Waals surface area (Å²) in [6, 6.07) is 11.0. The highest BCUT2D eigenvalue weighted by atomic mass is 16.3. The van der Waals surface area contributed by atoms with Crippen molar-refractivity contribution in [2.24, 2.45) is 12.1 Å². The number of aromatic nitrogens is 1. The molecule has 1 aliphatic rings. The lowest BCUT2D eigenvalue weighted by Gasteiger charge is -2.29. The first-order valence-electron chi connectivity index (χ1n) is 9.10. The van der Waals surface area contributed by atoms with E-state index in [1.54, 1.807) is 11.0 Å². The molecule has 7 nitrogen and oxygen atoms in total. The number of anilines is 1. The summed E-state index contributed by atoms with van der Waals surface area (Å²) >= 11 is 0. The Kier molecular flexibility index (Phi) is 4.22. The van der Waals surface area contributed by atoms with E-state index >= 15 is 0 Å². The number of rotatable bonds is 3. The van der Waals surface area contributed by atoms with Crippen LogP contribution in [0.5, 0.6) is 11.5 Å². The highest BCUT2D eigenvalue weighted by Gasteiger charge is 2.27. The van der Waals surface area contributed by atoms with Crippen LogP contribution in [0.1, 0.15) is 30.9 Å². The average Bonchev–Trinajstić information content (AvgIpc) is 3.02. The number of phenolic OH excluding ortho intramolecular Hbond substituents is 2. The van der Waals surface area contributed by atoms with Gasteiger partial charge in [0.2, 0.25) is 0 Å². The number of nitrogens with one attached hydrogen (secondary N) is 1. The maximum absolute atomic E-state index is 12.0. The van der Waals surface area contributed by atoms with E-state index < -0.39 is 0 Å². The number of amidine groups is 1. The summed E-state index contributed by atoms with van der Waals surface area (Å²) < 4.78 is 2.03. The largest absolute Gasteiger partial charge is 0.508 e. The molecule has 1 amide bonds. The first kappa shape index (κ1) is 17.9. The molecule has 0 saturated heterocycles. The van der Waals surface area contributed by atoms with Crippen LogP contribution in [0.4, 0.5) is 5.69 Å². The Morgan fingerprint density at radius 3 is 2.64 bits per heavy atom. The minimum absolute atomic E-state index is 0.0361. The summed E-state index contributed by atoms with van der Waals surface area (Å²) in [6.07, 6.45) is 1.98. The molecule has 1 aliphatic heterocycles. The predicted molar refractivity (Wildman–Crippen MR) is 109 cm³/mol. The Hall–Kier alpha value is -3.48. The molecular weight excluding hydrogens is 356 g/mol. The lowest BCUT2D eigenvalue weighted by Crippen LogP contribution is -2.46. The molecule has 28 heavy (non-hydrogen) atoms. The number of aryl methyl sites for hydroxylation is 1. The second-order valence-electron chi connectivity index (χ2n) is 7.31. The lowest BCUT2D eigenvalue weighted by molar-refractivity contribution is -0.119. The van der Waals surface area contributed by atoms with E-state index in [0.717, 1.165) is 16.6 Å². The average molecular weight is 378 g/mol. The zero-order chi connectivity index (χ0) is 20.0. The first-order valence-corrected chi connectivity index (χ1v) is 9.10. The number of hydrazone groups is 1. The van der Waals surface area contributed by atoms with Crippen molar-refractivity contribution in [2.45, 2.75) is 19.8 Å². The van der Waals surface area contributed by atoms with Gasteiger partial charge in [-0.15, -0.1) is 0 Å². The number of fused-ring (bicyclic) bond motifs is 1. The SMILES string of the molecule is CC(C)c1cc(C2=NNC(=O)CN2c2ccc3c(ccn3C)c2)c(O)cc1O. The van der Waals surface area contributed by atoms with Crippen molar-refractivity contribution in [3.63, 3.8) is 0 Å². The number of carbonyl (C=O) groups excluding carboxylic acids is 1. The number of nitrogens with zero attached hydrogens (tertiary/aromatic N) is 3. The monoisotopic (exact) mass is 378 g/mol. The zero-order valence-electron chi connectivity index (χ0n) is 16.0. The van der Waals surface area contributed by atoms with E-state index in [2.05, 4.69) is 10.5 Å². The lowest BCUT2D eigenvalue weighted by atomic mass is 9.98. The van der Waals surface area contributed by atoms with Crippen LogP contribution in [0, 0.1) is 0 Å². The topological polar surface area (TPSA) is 90.1 Å². The predicted octanol–water partition coefficient (Wildman–Crippen LogP) is 3.01. The molecule has 0 atom stereocenters. The molecule has 0 radical (unpaired) electrons. The molecule has 3 N–H and O–H groups in total. The van der Waals surface area contributed by atoms with E-state index in [4.69, 9.17) is 0 Å². The molecule has 0 spiro atoms. The van der Waals surface area contributed by atoms with Crippen molar-refractivity contribution in [1.82, 2.24) is 9.99 Å². The maximum Gasteiger partial charge on any atom is 0.260 e. The third-order valence-electron chi connectivity index (χ3n) is 5.03. The van der Waals surface area contributed by atoms with E-state index in [-0.39, 0.29) is 29.9 Å². The Bertz CT molecular complexity index is 1110. The minimum atomic E-state index is -0.237. The first-order chi connectivity index (χ1) is 13.3. The second-order valence-corrected chi connectivity index (χ2v) is 7.31. The zero-order valence-corrected chi connectivity index (χ0v) is 16.0. The van der Waals surface area contributed by atoms with Gasteiger partial charge in [0.15, 0.2) is 5.84 Å². The normalized spacial score (nSPS) is 14.5. The van der Waals surface area contributed by atoms with Gasteiger partial charge in [-0.25, -0.2) is 5.43 Å². The van der Waals surface area contributed by atoms with Crippen LogP contribution in [0.3, 0.4) is 0 Å². The van der Waals surface area contributed by atoms with Crippen LogP contribution in [-0.4, -0.2) is 33.1 Å². The standard InChI is InChI=1S/C21H22N4O3/c1-12(2)15-9-16(19(27)10-18(15)26)21-23-22-20(28)11-25(21)14-4-5-17-13(8-14)6-7-24(17)3/h4-10,12,26-27H,11H2,1-3H3,(H,22,28). The summed E-state index contributed by atoms with van der Waals surface area (Å²) in [6.45, 7) is 4.00. The highest BCUT2D eigenvalue weighted by Crippen LogP contribution is 2.34. The van der Waals surface area contributed by atoms with Crippen LogP contribution >= 0.6 is 0 Å². The van der Waals surface area contributed by atoms with Gasteiger partial charge < -0.3 is 19.7 Å². The summed E-state index contributed by atoms with van der Waals surface area (Å²) in [4.78, 5) is 13.8. The molecule has 4 rings (SSSR count). The van der Waals surface area contributed by atoms with Gasteiger partial charge >= 0.3 is 0 Å². The van der Waals surface area contributed by atoms with Crippen molar-refractivity contribution in [3.8, 4) is 11.5 Å². The number of phenols is 2. The van der Waals surface area contributed by atoms with E-state index in [9.17, 15) is 15.0 Å². The Balaban J connectivity index is 1.84. The molecule has 3 aromatic rings. The summed E-state index contributed by atoms with van der Waals surface area (Å²) in [5.41, 5.74) is 5.52. The molecule has 0 saturated carbocycles. The van der Waals surface area contributed by atoms with Crippen molar-refractivity contribution in [3.05, 3.63) is 53.7 Å². The van der Waals surface area contributed by atoms with Gasteiger partial charge in [-0.1, -0.05) is 13.8 Å². The number of benzene rings is 2. The maximum atomic E-state index is 12.0. The van der Waals surface area contributed by atoms with Crippen molar-refractivity contribution in [1.29, 1.82) is 0 Å². The van der Waals surface area contributed by atoms with Crippen LogP contribution < -0.4 is 10.3 Å². The summed E-state index contributed by atoms with van der Waals surface area (Å²) in [5.74, 6) is 0.192. The van der Waals surface area contributed by atoms with E-state index in [1.165, 1.54) is 6.07 Å². The Morgan fingerprint density at radius 1 is 1.11 bits per heavy atom. The second kappa shape index (κ2) is 6.60. The molecule has 0 bridgehead atoms. The molecule has 1 aromatic heterocycles. The number of amides is 1. The van der Waals surface area contributed by atoms with Crippen molar-refractivity contribution >= 4 is 28.3 Å². The fourth-order valence-electron chi connectivity index (χ4n) is 3.52. The van der Waals surface area contributed by atoms with Gasteiger partial charge in [0.25, 0.3) is 5.91 Å². The van der Waals surface area contributed by atoms with E-state index in [1.807, 2.05) is 55.9 Å². The number of hydrogen-bond acceptors (Lipinski definition) is 5. The van der Waals surface area contributed by atoms with Gasteiger partial charge in [0.05, 0.1) is 5.56 Å². The molecule has 144 valence electrons. The van der Waals surface area contributed by atoms with Gasteiger partial charge in [-0.05, 0) is 41.8 Å². The minimum Gasteiger partial charge on any atom is -0.508 e. The molecule has 0 fully saturated rings. The van der Waals surface area contributed by atoms with E-state index in [0.29, 0.717) is 17.0 Å². The van der Waals surface area contributed by atoms with Crippen molar-refractivity contribution < 1.29 is 15.0 Å². The molecule has 0 aliphatic carbocycles. The smallest absolute Gasteiger partial charge is 0.260 e. The molecule has 2 heterocycles. The number of carbonyl (C=O) groups is 1. The van der Waals surface area contributed by atoms with Gasteiger partial charge in [0.1, 0.15) is 18.0 Å². The third-order valence-corrected chi connectivity index (χ3v) is 5.03. The van der Waals surface area contributed by atoms with Gasteiger partial charge in [0, 0.05) is 35.9 Å². The highest BCUT2D eigenvalue weighted by molar-refractivity contribution is 6.15. The van der Waals surface area contributed by atoms with Gasteiger partial charge in [-0.3, -0.25) is 4.79 Å². The fraction of sp³-hybridized carbons (Fsp3) is 0.238. The van der Waals surface area contributed by atoms with Crippen LogP contribution in [0.15, 0.2) is 47.7 Å². The van der Waals surface area contributed by atoms with Crippen molar-refractivity contribution in [2.75, 3.05) is 11.4 Å². The number of aromatic hydroxyl groups is 2. The Morgan fingerprint density at radius 2 is 1.89 bits per heavy atom. The molecule has 0 unspecified atom stereocenters. The quantitative estimate of drug-likeness (QED) is 0.653. The summed E-state index contributed by atoms with van der Waals surface area (Å²) in [5, 5.41) is 25.9. The Labute approximate surface area is 162 Å².